The maximum atomic E-state index is 9.25. The van der Waals surface area contributed by atoms with Crippen molar-refractivity contribution < 1.29 is 14.2 Å². The average Bonchev–Trinajstić information content (AvgIpc) is 3.35. The van der Waals surface area contributed by atoms with Gasteiger partial charge in [-0.1, -0.05) is 0 Å². The van der Waals surface area contributed by atoms with Crippen molar-refractivity contribution in [2.75, 3.05) is 57.8 Å². The van der Waals surface area contributed by atoms with E-state index in [9.17, 15) is 5.26 Å². The minimum atomic E-state index is 0.334. The Balaban J connectivity index is 1.22. The van der Waals surface area contributed by atoms with E-state index in [-0.39, 0.29) is 0 Å². The summed E-state index contributed by atoms with van der Waals surface area (Å²) >= 11 is 0. The normalized spacial score (nSPS) is 19.3. The van der Waals surface area contributed by atoms with Gasteiger partial charge in [-0.2, -0.15) is 10.2 Å². The topological polar surface area (TPSA) is 95.8 Å². The molecular weight excluding hydrogens is 444 g/mol. The molecule has 5 rings (SSSR count). The van der Waals surface area contributed by atoms with Crippen LogP contribution in [0.5, 0.6) is 11.6 Å². The molecule has 2 aromatic rings. The van der Waals surface area contributed by atoms with Crippen LogP contribution in [0.4, 0.5) is 5.95 Å². The number of piperidine rings is 1. The molecule has 3 aliphatic heterocycles. The van der Waals surface area contributed by atoms with Crippen molar-refractivity contribution in [2.45, 2.75) is 45.9 Å². The molecule has 0 bridgehead atoms. The van der Waals surface area contributed by atoms with Crippen LogP contribution in [0.15, 0.2) is 12.1 Å². The van der Waals surface area contributed by atoms with Crippen molar-refractivity contribution in [1.82, 2.24) is 19.8 Å². The van der Waals surface area contributed by atoms with Gasteiger partial charge in [-0.25, -0.2) is 4.98 Å². The maximum Gasteiger partial charge on any atom is 0.230 e. The summed E-state index contributed by atoms with van der Waals surface area (Å²) in [6.07, 6.45) is 2.12. The SMILES string of the molecule is Cc1cc(C#N)cc(C)c1Oc1nc(NC2CCN(CCN3CCOCC3)CC2)nc2c1COC2. The van der Waals surface area contributed by atoms with Gasteiger partial charge >= 0.3 is 0 Å². The second-order valence-corrected chi connectivity index (χ2v) is 9.64. The number of anilines is 1. The minimum Gasteiger partial charge on any atom is -0.438 e. The Kier molecular flexibility index (Phi) is 7.44. The molecule has 1 aromatic heterocycles. The number of fused-ring (bicyclic) bond motifs is 1. The summed E-state index contributed by atoms with van der Waals surface area (Å²) in [4.78, 5) is 14.5. The van der Waals surface area contributed by atoms with Crippen LogP contribution in [0.3, 0.4) is 0 Å². The minimum absolute atomic E-state index is 0.334. The van der Waals surface area contributed by atoms with Gasteiger partial charge in [0.05, 0.1) is 49.3 Å². The fourth-order valence-corrected chi connectivity index (χ4v) is 5.03. The summed E-state index contributed by atoms with van der Waals surface area (Å²) in [5.74, 6) is 1.87. The second kappa shape index (κ2) is 10.9. The van der Waals surface area contributed by atoms with Gasteiger partial charge in [0, 0.05) is 45.3 Å². The highest BCUT2D eigenvalue weighted by molar-refractivity contribution is 5.50. The Morgan fingerprint density at radius 2 is 1.69 bits per heavy atom. The summed E-state index contributed by atoms with van der Waals surface area (Å²) in [5, 5.41) is 12.8. The number of morpholine rings is 1. The van der Waals surface area contributed by atoms with Gasteiger partial charge in [0.15, 0.2) is 0 Å². The molecule has 2 fully saturated rings. The van der Waals surface area contributed by atoms with Crippen molar-refractivity contribution in [3.05, 3.63) is 40.1 Å². The molecule has 9 nitrogen and oxygen atoms in total. The van der Waals surface area contributed by atoms with E-state index in [1.807, 2.05) is 26.0 Å². The van der Waals surface area contributed by atoms with Crippen molar-refractivity contribution in [3.63, 3.8) is 0 Å². The fourth-order valence-electron chi connectivity index (χ4n) is 5.03. The maximum absolute atomic E-state index is 9.25. The quantitative estimate of drug-likeness (QED) is 0.644. The number of likely N-dealkylation sites (tertiary alicyclic amines) is 1. The zero-order valence-electron chi connectivity index (χ0n) is 20.7. The molecule has 3 aliphatic rings. The van der Waals surface area contributed by atoms with Gasteiger partial charge in [0.25, 0.3) is 0 Å². The molecule has 0 atom stereocenters. The molecule has 0 amide bonds. The van der Waals surface area contributed by atoms with Crippen LogP contribution in [-0.2, 0) is 22.7 Å². The smallest absolute Gasteiger partial charge is 0.230 e. The molecule has 1 aromatic carbocycles. The first-order valence-corrected chi connectivity index (χ1v) is 12.5. The lowest BCUT2D eigenvalue weighted by Crippen LogP contribution is -2.45. The Morgan fingerprint density at radius 3 is 2.37 bits per heavy atom. The number of ether oxygens (including phenoxy) is 3. The number of nitrogens with one attached hydrogen (secondary N) is 1. The van der Waals surface area contributed by atoms with Crippen molar-refractivity contribution in [2.24, 2.45) is 0 Å². The van der Waals surface area contributed by atoms with Crippen molar-refractivity contribution >= 4 is 5.95 Å². The van der Waals surface area contributed by atoms with Gasteiger partial charge < -0.3 is 24.4 Å². The molecule has 0 aliphatic carbocycles. The Bertz CT molecular complexity index is 1060. The van der Waals surface area contributed by atoms with Gasteiger partial charge in [0.2, 0.25) is 11.8 Å². The van der Waals surface area contributed by atoms with Crippen molar-refractivity contribution in [1.29, 1.82) is 5.26 Å². The lowest BCUT2D eigenvalue weighted by atomic mass is 10.1. The molecule has 0 radical (unpaired) electrons. The van der Waals surface area contributed by atoms with E-state index in [4.69, 9.17) is 24.2 Å². The van der Waals surface area contributed by atoms with Gasteiger partial charge in [-0.05, 0) is 49.9 Å². The van der Waals surface area contributed by atoms with Crippen LogP contribution in [0.25, 0.3) is 0 Å². The Morgan fingerprint density at radius 1 is 1.00 bits per heavy atom. The first-order chi connectivity index (χ1) is 17.1. The number of hydrogen-bond acceptors (Lipinski definition) is 9. The number of nitrogens with zero attached hydrogens (tertiary/aromatic N) is 5. The number of rotatable bonds is 7. The summed E-state index contributed by atoms with van der Waals surface area (Å²) in [5.41, 5.74) is 4.22. The highest BCUT2D eigenvalue weighted by atomic mass is 16.5. The highest BCUT2D eigenvalue weighted by Crippen LogP contribution is 2.35. The van der Waals surface area contributed by atoms with E-state index in [2.05, 4.69) is 21.2 Å². The van der Waals surface area contributed by atoms with E-state index in [0.717, 1.165) is 93.5 Å². The zero-order chi connectivity index (χ0) is 24.2. The largest absolute Gasteiger partial charge is 0.438 e. The highest BCUT2D eigenvalue weighted by Gasteiger charge is 2.25. The van der Waals surface area contributed by atoms with E-state index in [1.54, 1.807) is 0 Å². The molecule has 0 unspecified atom stereocenters. The number of benzene rings is 1. The molecule has 2 saturated heterocycles. The van der Waals surface area contributed by atoms with E-state index < -0.39 is 0 Å². The van der Waals surface area contributed by atoms with Crippen LogP contribution in [0.2, 0.25) is 0 Å². The van der Waals surface area contributed by atoms with Crippen LogP contribution in [0.1, 0.15) is 40.8 Å². The zero-order valence-corrected chi connectivity index (χ0v) is 20.7. The molecule has 9 heteroatoms. The molecule has 186 valence electrons. The molecule has 0 spiro atoms. The number of nitriles is 1. The Labute approximate surface area is 207 Å². The lowest BCUT2D eigenvalue weighted by molar-refractivity contribution is 0.0322. The molecule has 0 saturated carbocycles. The average molecular weight is 479 g/mol. The van der Waals surface area contributed by atoms with E-state index >= 15 is 0 Å². The first kappa shape index (κ1) is 23.9. The summed E-state index contributed by atoms with van der Waals surface area (Å²) in [6.45, 7) is 13.0. The fraction of sp³-hybridized carbons (Fsp3) is 0.577. The van der Waals surface area contributed by atoms with Gasteiger partial charge in [0.1, 0.15) is 5.75 Å². The predicted molar refractivity (Wildman–Crippen MR) is 132 cm³/mol. The van der Waals surface area contributed by atoms with Crippen LogP contribution in [0, 0.1) is 25.2 Å². The van der Waals surface area contributed by atoms with E-state index in [1.165, 1.54) is 0 Å². The third-order valence-electron chi connectivity index (χ3n) is 7.09. The second-order valence-electron chi connectivity index (χ2n) is 9.64. The van der Waals surface area contributed by atoms with Crippen LogP contribution >= 0.6 is 0 Å². The third-order valence-corrected chi connectivity index (χ3v) is 7.09. The van der Waals surface area contributed by atoms with Gasteiger partial charge in [-0.15, -0.1) is 0 Å². The monoisotopic (exact) mass is 478 g/mol. The first-order valence-electron chi connectivity index (χ1n) is 12.5. The van der Waals surface area contributed by atoms with Crippen LogP contribution < -0.4 is 10.1 Å². The molecule has 4 heterocycles. The van der Waals surface area contributed by atoms with E-state index in [0.29, 0.717) is 36.6 Å². The molecular formula is C26H34N6O3. The van der Waals surface area contributed by atoms with Gasteiger partial charge in [-0.3, -0.25) is 4.90 Å². The number of aryl methyl sites for hydroxylation is 2. The number of aromatic nitrogens is 2. The summed E-state index contributed by atoms with van der Waals surface area (Å²) in [7, 11) is 0. The predicted octanol–water partition coefficient (Wildman–Crippen LogP) is 3.00. The lowest BCUT2D eigenvalue weighted by Gasteiger charge is -2.34. The Hall–Kier alpha value is -2.77. The van der Waals surface area contributed by atoms with Crippen molar-refractivity contribution in [3.8, 4) is 17.7 Å². The van der Waals surface area contributed by atoms with Crippen LogP contribution in [-0.4, -0.2) is 78.3 Å². The standard InChI is InChI=1S/C26H34N6O3/c1-18-13-20(15-27)14-19(2)24(18)35-25-22-16-34-17-23(22)29-26(30-25)28-21-3-5-31(6-4-21)7-8-32-9-11-33-12-10-32/h13-14,21H,3-12,16-17H2,1-2H3,(H,28,29,30). The summed E-state index contributed by atoms with van der Waals surface area (Å²) in [6, 6.07) is 6.22. The molecule has 35 heavy (non-hydrogen) atoms. The molecule has 1 N–H and O–H groups in total. The number of hydrogen-bond donors (Lipinski definition) is 1. The summed E-state index contributed by atoms with van der Waals surface area (Å²) < 4.78 is 17.4. The third kappa shape index (κ3) is 5.73.